The van der Waals surface area contributed by atoms with E-state index in [1.54, 1.807) is 6.20 Å². The average Bonchev–Trinajstić information content (AvgIpc) is 3.10. The molecule has 6 heteroatoms. The molecule has 0 aromatic carbocycles. The van der Waals surface area contributed by atoms with Gasteiger partial charge in [-0.2, -0.15) is 5.10 Å². The first-order chi connectivity index (χ1) is 11.2. The molecule has 2 fully saturated rings. The van der Waals surface area contributed by atoms with Crippen LogP contribution in [0.15, 0.2) is 18.5 Å². The molecule has 2 aliphatic rings. The van der Waals surface area contributed by atoms with Gasteiger partial charge >= 0.3 is 0 Å². The van der Waals surface area contributed by atoms with E-state index in [2.05, 4.69) is 22.7 Å². The van der Waals surface area contributed by atoms with Crippen LogP contribution in [0, 0.1) is 11.8 Å². The number of hydrogen-bond donors (Lipinski definition) is 2. The zero-order valence-corrected chi connectivity index (χ0v) is 15.5. The van der Waals surface area contributed by atoms with Gasteiger partial charge in [-0.3, -0.25) is 9.48 Å². The maximum absolute atomic E-state index is 12.9. The van der Waals surface area contributed by atoms with Crippen LogP contribution in [0.3, 0.4) is 0 Å². The van der Waals surface area contributed by atoms with E-state index in [1.807, 2.05) is 16.9 Å². The Labute approximate surface area is 151 Å². The second kappa shape index (κ2) is 8.86. The van der Waals surface area contributed by atoms with Crippen LogP contribution in [-0.2, 0) is 10.3 Å². The monoisotopic (exact) mass is 354 g/mol. The lowest BCUT2D eigenvalue weighted by Gasteiger charge is -2.36. The quantitative estimate of drug-likeness (QED) is 0.854. The van der Waals surface area contributed by atoms with Gasteiger partial charge in [-0.05, 0) is 56.7 Å². The second-order valence-corrected chi connectivity index (χ2v) is 7.41. The van der Waals surface area contributed by atoms with E-state index >= 15 is 0 Å². The fourth-order valence-corrected chi connectivity index (χ4v) is 4.30. The fourth-order valence-electron chi connectivity index (χ4n) is 4.30. The zero-order chi connectivity index (χ0) is 16.1. The van der Waals surface area contributed by atoms with E-state index in [-0.39, 0.29) is 18.3 Å². The summed E-state index contributed by atoms with van der Waals surface area (Å²) in [6.07, 6.45) is 11.8. The lowest BCUT2D eigenvalue weighted by atomic mass is 9.81. The molecule has 24 heavy (non-hydrogen) atoms. The molecule has 1 saturated carbocycles. The van der Waals surface area contributed by atoms with Gasteiger partial charge in [0.2, 0.25) is 5.91 Å². The molecule has 1 saturated heterocycles. The molecular formula is C18H31ClN4O. The first-order valence-corrected chi connectivity index (χ1v) is 9.20. The predicted molar refractivity (Wildman–Crippen MR) is 98.3 cm³/mol. The van der Waals surface area contributed by atoms with Gasteiger partial charge in [0.1, 0.15) is 5.54 Å². The van der Waals surface area contributed by atoms with Crippen molar-refractivity contribution in [3.05, 3.63) is 18.5 Å². The highest BCUT2D eigenvalue weighted by molar-refractivity contribution is 5.85. The highest BCUT2D eigenvalue weighted by Crippen LogP contribution is 2.31. The fraction of sp³-hybridized carbons (Fsp3) is 0.778. The molecule has 1 aliphatic carbocycles. The van der Waals surface area contributed by atoms with Crippen LogP contribution >= 0.6 is 12.4 Å². The maximum Gasteiger partial charge on any atom is 0.248 e. The number of amides is 1. The zero-order valence-electron chi connectivity index (χ0n) is 14.7. The molecule has 0 spiro atoms. The number of halogens is 1. The van der Waals surface area contributed by atoms with Crippen molar-refractivity contribution < 1.29 is 4.79 Å². The number of carbonyl (C=O) groups is 1. The van der Waals surface area contributed by atoms with E-state index in [0.717, 1.165) is 50.7 Å². The summed E-state index contributed by atoms with van der Waals surface area (Å²) in [6, 6.07) is 1.90. The van der Waals surface area contributed by atoms with Crippen LogP contribution in [0.2, 0.25) is 0 Å². The molecule has 2 unspecified atom stereocenters. The number of aromatic nitrogens is 2. The second-order valence-electron chi connectivity index (χ2n) is 7.41. The summed E-state index contributed by atoms with van der Waals surface area (Å²) in [4.78, 5) is 12.9. The Balaban J connectivity index is 0.00000208. The van der Waals surface area contributed by atoms with Crippen LogP contribution in [0.25, 0.3) is 0 Å². The van der Waals surface area contributed by atoms with Crippen molar-refractivity contribution in [2.45, 2.75) is 57.4 Å². The third kappa shape index (κ3) is 4.31. The Morgan fingerprint density at radius 2 is 2.17 bits per heavy atom. The first-order valence-electron chi connectivity index (χ1n) is 9.20. The molecule has 1 aliphatic heterocycles. The Morgan fingerprint density at radius 1 is 1.38 bits per heavy atom. The van der Waals surface area contributed by atoms with E-state index in [0.29, 0.717) is 0 Å². The number of carbonyl (C=O) groups excluding carboxylic acids is 1. The summed E-state index contributed by atoms with van der Waals surface area (Å²) >= 11 is 0. The third-order valence-electron chi connectivity index (χ3n) is 5.68. The SMILES string of the molecule is CC1CCCC(CCNC(=O)C2(n3cccn3)CCNCC2)C1.Cl. The molecule has 1 aromatic rings. The minimum atomic E-state index is -0.505. The van der Waals surface area contributed by atoms with Crippen molar-refractivity contribution in [1.29, 1.82) is 0 Å². The Bertz CT molecular complexity index is 499. The molecule has 0 bridgehead atoms. The normalized spacial score (nSPS) is 26.4. The molecule has 2 atom stereocenters. The van der Waals surface area contributed by atoms with Gasteiger partial charge in [-0.15, -0.1) is 12.4 Å². The van der Waals surface area contributed by atoms with Gasteiger partial charge in [0, 0.05) is 18.9 Å². The minimum absolute atomic E-state index is 0. The Kier molecular flexibility index (Phi) is 7.11. The van der Waals surface area contributed by atoms with Gasteiger partial charge in [-0.25, -0.2) is 0 Å². The highest BCUT2D eigenvalue weighted by atomic mass is 35.5. The third-order valence-corrected chi connectivity index (χ3v) is 5.68. The highest BCUT2D eigenvalue weighted by Gasteiger charge is 2.41. The molecule has 3 rings (SSSR count). The van der Waals surface area contributed by atoms with Crippen molar-refractivity contribution in [1.82, 2.24) is 20.4 Å². The molecule has 136 valence electrons. The summed E-state index contributed by atoms with van der Waals surface area (Å²) in [5.74, 6) is 1.78. The Hall–Kier alpha value is -1.07. The average molecular weight is 355 g/mol. The van der Waals surface area contributed by atoms with Gasteiger partial charge in [0.15, 0.2) is 0 Å². The van der Waals surface area contributed by atoms with Crippen molar-refractivity contribution in [2.75, 3.05) is 19.6 Å². The molecular weight excluding hydrogens is 324 g/mol. The number of hydrogen-bond acceptors (Lipinski definition) is 3. The maximum atomic E-state index is 12.9. The van der Waals surface area contributed by atoms with Crippen LogP contribution in [-0.4, -0.2) is 35.3 Å². The van der Waals surface area contributed by atoms with Crippen molar-refractivity contribution in [3.63, 3.8) is 0 Å². The lowest BCUT2D eigenvalue weighted by molar-refractivity contribution is -0.132. The van der Waals surface area contributed by atoms with Crippen LogP contribution in [0.1, 0.15) is 51.9 Å². The van der Waals surface area contributed by atoms with Gasteiger partial charge < -0.3 is 10.6 Å². The molecule has 2 N–H and O–H groups in total. The van der Waals surface area contributed by atoms with Crippen molar-refractivity contribution in [3.8, 4) is 0 Å². The topological polar surface area (TPSA) is 59.0 Å². The van der Waals surface area contributed by atoms with Crippen molar-refractivity contribution in [2.24, 2.45) is 11.8 Å². The molecule has 1 amide bonds. The summed E-state index contributed by atoms with van der Waals surface area (Å²) < 4.78 is 1.87. The standard InChI is InChI=1S/C18H30N4O.ClH/c1-15-4-2-5-16(14-15)6-10-20-17(23)18(7-11-19-12-8-18)22-13-3-9-21-22;/h3,9,13,15-16,19H,2,4-8,10-12,14H2,1H3,(H,20,23);1H. The van der Waals surface area contributed by atoms with Gasteiger partial charge in [0.05, 0.1) is 0 Å². The molecule has 5 nitrogen and oxygen atoms in total. The number of nitrogens with zero attached hydrogens (tertiary/aromatic N) is 2. The number of rotatable bonds is 5. The summed E-state index contributed by atoms with van der Waals surface area (Å²) in [5.41, 5.74) is -0.505. The summed E-state index contributed by atoms with van der Waals surface area (Å²) in [6.45, 7) is 4.89. The van der Waals surface area contributed by atoms with Gasteiger partial charge in [0.25, 0.3) is 0 Å². The molecule has 2 heterocycles. The largest absolute Gasteiger partial charge is 0.354 e. The summed E-state index contributed by atoms with van der Waals surface area (Å²) in [5, 5.41) is 10.9. The van der Waals surface area contributed by atoms with Gasteiger partial charge in [-0.1, -0.05) is 26.2 Å². The molecule has 1 aromatic heterocycles. The smallest absolute Gasteiger partial charge is 0.248 e. The van der Waals surface area contributed by atoms with E-state index in [4.69, 9.17) is 0 Å². The van der Waals surface area contributed by atoms with Crippen LogP contribution in [0.5, 0.6) is 0 Å². The summed E-state index contributed by atoms with van der Waals surface area (Å²) in [7, 11) is 0. The number of piperidine rings is 1. The molecule has 0 radical (unpaired) electrons. The van der Waals surface area contributed by atoms with Crippen molar-refractivity contribution >= 4 is 18.3 Å². The van der Waals surface area contributed by atoms with Crippen LogP contribution < -0.4 is 10.6 Å². The first kappa shape index (κ1) is 19.3. The van der Waals surface area contributed by atoms with E-state index in [9.17, 15) is 4.79 Å². The predicted octanol–water partition coefficient (Wildman–Crippen LogP) is 2.72. The van der Waals surface area contributed by atoms with Crippen LogP contribution in [0.4, 0.5) is 0 Å². The number of nitrogens with one attached hydrogen (secondary N) is 2. The van der Waals surface area contributed by atoms with E-state index < -0.39 is 5.54 Å². The minimum Gasteiger partial charge on any atom is -0.354 e. The van der Waals surface area contributed by atoms with E-state index in [1.165, 1.54) is 25.7 Å². The lowest BCUT2D eigenvalue weighted by Crippen LogP contribution is -2.54. The Morgan fingerprint density at radius 3 is 2.83 bits per heavy atom.